The lowest BCUT2D eigenvalue weighted by molar-refractivity contribution is 0.0848. The highest BCUT2D eigenvalue weighted by Gasteiger charge is 2.38. The summed E-state index contributed by atoms with van der Waals surface area (Å²) in [5, 5.41) is 21.9. The first-order valence-electron chi connectivity index (χ1n) is 5.47. The second-order valence-electron chi connectivity index (χ2n) is 4.39. The van der Waals surface area contributed by atoms with E-state index in [9.17, 15) is 15.0 Å². The number of carbonyl (C=O) groups is 1. The summed E-state index contributed by atoms with van der Waals surface area (Å²) in [6.45, 7) is 0. The molecule has 0 radical (unpaired) electrons. The van der Waals surface area contributed by atoms with Crippen molar-refractivity contribution in [1.82, 2.24) is 5.32 Å². The fourth-order valence-electron chi connectivity index (χ4n) is 1.96. The van der Waals surface area contributed by atoms with Crippen molar-refractivity contribution in [3.63, 3.8) is 0 Å². The molecule has 4 nitrogen and oxygen atoms in total. The number of aromatic hydroxyl groups is 2. The molecule has 1 aromatic carbocycles. The monoisotopic (exact) mass is 255 g/mol. The van der Waals surface area contributed by atoms with Crippen LogP contribution in [0.2, 0.25) is 0 Å². The van der Waals surface area contributed by atoms with E-state index in [4.69, 9.17) is 11.6 Å². The molecule has 0 saturated heterocycles. The first-order chi connectivity index (χ1) is 8.08. The van der Waals surface area contributed by atoms with Crippen molar-refractivity contribution in [2.75, 3.05) is 5.88 Å². The number of rotatable bonds is 3. The molecule has 0 aliphatic heterocycles. The summed E-state index contributed by atoms with van der Waals surface area (Å²) >= 11 is 5.83. The van der Waals surface area contributed by atoms with Crippen molar-refractivity contribution in [2.24, 2.45) is 0 Å². The lowest BCUT2D eigenvalue weighted by Gasteiger charge is -2.41. The molecular weight excluding hydrogens is 242 g/mol. The van der Waals surface area contributed by atoms with E-state index < -0.39 is 5.91 Å². The summed E-state index contributed by atoms with van der Waals surface area (Å²) in [4.78, 5) is 12.0. The van der Waals surface area contributed by atoms with Gasteiger partial charge in [0.15, 0.2) is 0 Å². The molecule has 2 rings (SSSR count). The topological polar surface area (TPSA) is 69.6 Å². The average molecular weight is 256 g/mol. The Kier molecular flexibility index (Phi) is 3.15. The van der Waals surface area contributed by atoms with Crippen LogP contribution in [0, 0.1) is 0 Å². The molecular formula is C12H14ClNO3. The molecule has 0 atom stereocenters. The van der Waals surface area contributed by atoms with Crippen LogP contribution in [0.3, 0.4) is 0 Å². The van der Waals surface area contributed by atoms with Gasteiger partial charge in [0.05, 0.1) is 5.54 Å². The Morgan fingerprint density at radius 2 is 1.94 bits per heavy atom. The molecule has 0 unspecified atom stereocenters. The van der Waals surface area contributed by atoms with Gasteiger partial charge in [-0.3, -0.25) is 4.79 Å². The predicted octanol–water partition coefficient (Wildman–Crippen LogP) is 1.99. The maximum absolute atomic E-state index is 12.0. The van der Waals surface area contributed by atoms with Gasteiger partial charge in [0, 0.05) is 5.88 Å². The minimum absolute atomic E-state index is 0.0936. The molecule has 3 N–H and O–H groups in total. The number of nitrogens with one attached hydrogen (secondary N) is 1. The molecule has 1 saturated carbocycles. The fourth-order valence-corrected chi connectivity index (χ4v) is 2.29. The highest BCUT2D eigenvalue weighted by molar-refractivity contribution is 6.19. The van der Waals surface area contributed by atoms with Crippen LogP contribution >= 0.6 is 11.6 Å². The Hall–Kier alpha value is -1.42. The van der Waals surface area contributed by atoms with Crippen molar-refractivity contribution in [1.29, 1.82) is 0 Å². The van der Waals surface area contributed by atoms with Crippen molar-refractivity contribution < 1.29 is 15.0 Å². The quantitative estimate of drug-likeness (QED) is 0.724. The van der Waals surface area contributed by atoms with Crippen LogP contribution in [0.25, 0.3) is 0 Å². The van der Waals surface area contributed by atoms with Crippen LogP contribution in [-0.2, 0) is 0 Å². The van der Waals surface area contributed by atoms with E-state index in [2.05, 4.69) is 5.32 Å². The third-order valence-electron chi connectivity index (χ3n) is 3.19. The fraction of sp³-hybridized carbons (Fsp3) is 0.417. The van der Waals surface area contributed by atoms with Crippen molar-refractivity contribution in [3.8, 4) is 11.5 Å². The lowest BCUT2D eigenvalue weighted by Crippen LogP contribution is -2.55. The van der Waals surface area contributed by atoms with Gasteiger partial charge in [0.2, 0.25) is 0 Å². The van der Waals surface area contributed by atoms with Crippen LogP contribution < -0.4 is 5.32 Å². The number of hydrogen-bond acceptors (Lipinski definition) is 3. The Labute approximate surface area is 104 Å². The van der Waals surface area contributed by atoms with E-state index in [1.54, 1.807) is 0 Å². The summed E-state index contributed by atoms with van der Waals surface area (Å²) in [7, 11) is 0. The van der Waals surface area contributed by atoms with Crippen LogP contribution in [0.1, 0.15) is 29.6 Å². The van der Waals surface area contributed by atoms with Crippen molar-refractivity contribution >= 4 is 17.5 Å². The van der Waals surface area contributed by atoms with Crippen LogP contribution in [-0.4, -0.2) is 27.5 Å². The Morgan fingerprint density at radius 1 is 1.35 bits per heavy atom. The Bertz CT molecular complexity index is 418. The summed E-state index contributed by atoms with van der Waals surface area (Å²) < 4.78 is 0. The average Bonchev–Trinajstić information content (AvgIpc) is 2.23. The maximum atomic E-state index is 12.0. The van der Waals surface area contributed by atoms with Gasteiger partial charge in [0.1, 0.15) is 17.1 Å². The Morgan fingerprint density at radius 3 is 2.35 bits per heavy atom. The van der Waals surface area contributed by atoms with E-state index in [1.165, 1.54) is 18.2 Å². The smallest absolute Gasteiger partial charge is 0.259 e. The highest BCUT2D eigenvalue weighted by atomic mass is 35.5. The third-order valence-corrected chi connectivity index (χ3v) is 3.70. The van der Waals surface area contributed by atoms with Gasteiger partial charge >= 0.3 is 0 Å². The molecule has 1 aliphatic carbocycles. The van der Waals surface area contributed by atoms with Crippen LogP contribution in [0.4, 0.5) is 0 Å². The third kappa shape index (κ3) is 2.17. The molecule has 1 aliphatic rings. The number of alkyl halides is 1. The Balaban J connectivity index is 2.20. The molecule has 1 amide bonds. The predicted molar refractivity (Wildman–Crippen MR) is 64.5 cm³/mol. The summed E-state index contributed by atoms with van der Waals surface area (Å²) in [5.74, 6) is -0.605. The molecule has 0 heterocycles. The maximum Gasteiger partial charge on any atom is 0.259 e. The molecule has 1 aromatic rings. The van der Waals surface area contributed by atoms with E-state index >= 15 is 0 Å². The number of carbonyl (C=O) groups excluding carboxylic acids is 1. The van der Waals surface area contributed by atoms with Gasteiger partial charge in [-0.2, -0.15) is 0 Å². The van der Waals surface area contributed by atoms with Crippen LogP contribution in [0.15, 0.2) is 18.2 Å². The van der Waals surface area contributed by atoms with Gasteiger partial charge < -0.3 is 15.5 Å². The number of amides is 1. The second-order valence-corrected chi connectivity index (χ2v) is 4.66. The van der Waals surface area contributed by atoms with E-state index in [-0.39, 0.29) is 22.6 Å². The van der Waals surface area contributed by atoms with Crippen molar-refractivity contribution in [2.45, 2.75) is 24.8 Å². The van der Waals surface area contributed by atoms with Gasteiger partial charge in [-0.25, -0.2) is 0 Å². The zero-order valence-corrected chi connectivity index (χ0v) is 10.00. The molecule has 0 spiro atoms. The molecule has 17 heavy (non-hydrogen) atoms. The van der Waals surface area contributed by atoms with E-state index in [1.807, 2.05) is 0 Å². The zero-order valence-electron chi connectivity index (χ0n) is 9.24. The molecule has 1 fully saturated rings. The molecule has 92 valence electrons. The van der Waals surface area contributed by atoms with Gasteiger partial charge in [-0.1, -0.05) is 6.07 Å². The van der Waals surface area contributed by atoms with Gasteiger partial charge in [0.25, 0.3) is 5.91 Å². The number of hydrogen-bond donors (Lipinski definition) is 3. The number of halogens is 1. The lowest BCUT2D eigenvalue weighted by atomic mass is 9.78. The SMILES string of the molecule is O=C(NC1(CCl)CCC1)c1c(O)cccc1O. The van der Waals surface area contributed by atoms with Gasteiger partial charge in [-0.05, 0) is 31.4 Å². The van der Waals surface area contributed by atoms with Crippen molar-refractivity contribution in [3.05, 3.63) is 23.8 Å². The van der Waals surface area contributed by atoms with E-state index in [0.29, 0.717) is 5.88 Å². The molecule has 5 heteroatoms. The first-order valence-corrected chi connectivity index (χ1v) is 6.01. The normalized spacial score (nSPS) is 17.2. The summed E-state index contributed by atoms with van der Waals surface area (Å²) in [5.41, 5.74) is -0.475. The highest BCUT2D eigenvalue weighted by Crippen LogP contribution is 2.34. The number of benzene rings is 1. The largest absolute Gasteiger partial charge is 0.507 e. The summed E-state index contributed by atoms with van der Waals surface area (Å²) in [6, 6.07) is 4.20. The van der Waals surface area contributed by atoms with Gasteiger partial charge in [-0.15, -0.1) is 11.6 Å². The van der Waals surface area contributed by atoms with Crippen LogP contribution in [0.5, 0.6) is 11.5 Å². The molecule has 0 aromatic heterocycles. The number of phenols is 2. The summed E-state index contributed by atoms with van der Waals surface area (Å²) in [6.07, 6.45) is 2.69. The second kappa shape index (κ2) is 4.45. The first kappa shape index (κ1) is 12.0. The minimum Gasteiger partial charge on any atom is -0.507 e. The standard InChI is InChI=1S/C12H14ClNO3/c13-7-12(5-2-6-12)14-11(17)10-8(15)3-1-4-9(10)16/h1,3-4,15-16H,2,5-7H2,(H,14,17). The zero-order chi connectivity index (χ0) is 12.5. The molecule has 0 bridgehead atoms. The van der Waals surface area contributed by atoms with E-state index in [0.717, 1.165) is 19.3 Å². The minimum atomic E-state index is -0.485. The number of phenolic OH excluding ortho intramolecular Hbond substituents is 2.